The van der Waals surface area contributed by atoms with Crippen molar-refractivity contribution in [2.24, 2.45) is 0 Å². The number of rotatable bonds is 10. The number of carbonyl (C=O) groups is 1. The maximum Gasteiger partial charge on any atom is 0.330 e. The number of ether oxygens (including phenoxy) is 2. The number of nitrogens with zero attached hydrogens (tertiary/aromatic N) is 1. The molecule has 0 radical (unpaired) electrons. The second kappa shape index (κ2) is 11.3. The van der Waals surface area contributed by atoms with Gasteiger partial charge in [0.2, 0.25) is 6.41 Å². The van der Waals surface area contributed by atoms with Gasteiger partial charge in [-0.3, -0.25) is 32.8 Å². The van der Waals surface area contributed by atoms with Gasteiger partial charge in [0, 0.05) is 12.3 Å². The highest BCUT2D eigenvalue weighted by atomic mass is 31.3. The molecular weight excluding hydrogens is 540 g/mol. The number of carbonyl (C=O) groups excluding carboxylic acids is 1. The number of nitrogens with one attached hydrogen (secondary N) is 2. The van der Waals surface area contributed by atoms with Gasteiger partial charge in [0.05, 0.1) is 19.3 Å². The molecule has 3 rings (SSSR count). The molecule has 2 fully saturated rings. The van der Waals surface area contributed by atoms with Crippen molar-refractivity contribution in [2.45, 2.75) is 49.1 Å². The summed E-state index contributed by atoms with van der Waals surface area (Å²) in [4.78, 5) is 59.4. The van der Waals surface area contributed by atoms with Crippen molar-refractivity contribution < 1.29 is 67.0 Å². The first-order valence-corrected chi connectivity index (χ1v) is 12.8. The SMILES string of the molecule is O=CN[C@H]1CO[C@H](OP(=O)([O-])OP(=O)([O-])OC[C@H]2O[C@@H](n3ccc(=O)[nH]c3=O)[C@H](O)[C@@H]2O)[C@H](O)[C@H]1O. The summed E-state index contributed by atoms with van der Waals surface area (Å²) in [6.07, 6.45) is -11.5. The van der Waals surface area contributed by atoms with Crippen molar-refractivity contribution in [3.8, 4) is 0 Å². The lowest BCUT2D eigenvalue weighted by Gasteiger charge is -2.40. The highest BCUT2D eigenvalue weighted by Gasteiger charge is 2.45. The Morgan fingerprint density at radius 3 is 2.47 bits per heavy atom. The first-order valence-electron chi connectivity index (χ1n) is 9.91. The summed E-state index contributed by atoms with van der Waals surface area (Å²) in [6, 6.07) is -0.188. The predicted molar refractivity (Wildman–Crippen MR) is 105 cm³/mol. The quantitative estimate of drug-likeness (QED) is 0.115. The number of hydrogen-bond acceptors (Lipinski definition) is 16. The highest BCUT2D eigenvalue weighted by Crippen LogP contribution is 2.56. The third-order valence-electron chi connectivity index (χ3n) is 5.06. The number of phosphoric acid groups is 2. The molecule has 204 valence electrons. The Labute approximate surface area is 200 Å². The predicted octanol–water partition coefficient (Wildman–Crippen LogP) is -5.66. The summed E-state index contributed by atoms with van der Waals surface area (Å²) in [5, 5.41) is 42.0. The van der Waals surface area contributed by atoms with Gasteiger partial charge in [-0.05, 0) is 0 Å². The summed E-state index contributed by atoms with van der Waals surface area (Å²) in [7, 11) is -11.6. The molecule has 36 heavy (non-hydrogen) atoms. The van der Waals surface area contributed by atoms with E-state index in [-0.39, 0.29) is 6.41 Å². The van der Waals surface area contributed by atoms with Crippen LogP contribution in [0, 0.1) is 0 Å². The second-order valence-corrected chi connectivity index (χ2v) is 10.4. The fraction of sp³-hybridized carbons (Fsp3) is 0.667. The van der Waals surface area contributed by atoms with Gasteiger partial charge in [0.15, 0.2) is 12.5 Å². The molecule has 2 aliphatic heterocycles. The number of aromatic amines is 1. The van der Waals surface area contributed by atoms with E-state index in [9.17, 15) is 53.7 Å². The van der Waals surface area contributed by atoms with Crippen LogP contribution in [0.15, 0.2) is 21.9 Å². The van der Waals surface area contributed by atoms with Gasteiger partial charge >= 0.3 is 5.69 Å². The average Bonchev–Trinajstić information content (AvgIpc) is 3.05. The first kappa shape index (κ1) is 28.7. The number of amides is 1. The van der Waals surface area contributed by atoms with E-state index in [1.807, 2.05) is 4.98 Å². The van der Waals surface area contributed by atoms with E-state index >= 15 is 0 Å². The van der Waals surface area contributed by atoms with Gasteiger partial charge in [-0.1, -0.05) is 0 Å². The molecule has 10 atom stereocenters. The Morgan fingerprint density at radius 2 is 1.83 bits per heavy atom. The molecule has 1 aromatic heterocycles. The van der Waals surface area contributed by atoms with Gasteiger partial charge in [0.1, 0.15) is 30.5 Å². The van der Waals surface area contributed by atoms with Crippen molar-refractivity contribution in [3.05, 3.63) is 33.1 Å². The van der Waals surface area contributed by atoms with Crippen molar-refractivity contribution in [1.29, 1.82) is 0 Å². The van der Waals surface area contributed by atoms with E-state index in [1.165, 1.54) is 0 Å². The summed E-state index contributed by atoms with van der Waals surface area (Å²) < 4.78 is 47.3. The average molecular weight is 561 g/mol. The standard InChI is InChI=1S/C15H23N3O16P2/c19-5-16-6-3-30-14(12(24)9(6)21)33-36(28,29)34-35(26,27)31-4-7-10(22)11(23)13(32-7)18-2-1-8(20)17-15(18)25/h1-2,5-7,9-14,21-24H,3-4H2,(H,16,19)(H,26,27)(H,28,29)(H,17,20,25)/p-2/t6-,7+,9-,10+,11+,12+,13+,14+/m0/s1. The highest BCUT2D eigenvalue weighted by molar-refractivity contribution is 7.59. The molecule has 6 N–H and O–H groups in total. The lowest BCUT2D eigenvalue weighted by molar-refractivity contribution is -0.276. The molecule has 1 aromatic rings. The topological polar surface area (TPSA) is 291 Å². The van der Waals surface area contributed by atoms with Crippen molar-refractivity contribution in [2.75, 3.05) is 13.2 Å². The lowest BCUT2D eigenvalue weighted by atomic mass is 10.0. The molecule has 0 spiro atoms. The lowest BCUT2D eigenvalue weighted by Crippen LogP contribution is -2.58. The van der Waals surface area contributed by atoms with Crippen LogP contribution >= 0.6 is 15.6 Å². The van der Waals surface area contributed by atoms with Crippen LogP contribution in [0.2, 0.25) is 0 Å². The van der Waals surface area contributed by atoms with Gasteiger partial charge in [-0.2, -0.15) is 0 Å². The molecule has 0 aliphatic carbocycles. The van der Waals surface area contributed by atoms with E-state index in [1.54, 1.807) is 0 Å². The molecule has 3 heterocycles. The number of H-pyrrole nitrogens is 1. The third kappa shape index (κ3) is 6.73. The van der Waals surface area contributed by atoms with Gasteiger partial charge < -0.3 is 49.5 Å². The Kier molecular flexibility index (Phi) is 9.00. The largest absolute Gasteiger partial charge is 0.756 e. The number of hydrogen-bond donors (Lipinski definition) is 6. The second-order valence-electron chi connectivity index (χ2n) is 7.51. The molecule has 2 aliphatic rings. The van der Waals surface area contributed by atoms with Gasteiger partial charge in [0.25, 0.3) is 21.2 Å². The zero-order chi connectivity index (χ0) is 26.8. The van der Waals surface area contributed by atoms with Crippen LogP contribution in [-0.4, -0.2) is 92.5 Å². The minimum Gasteiger partial charge on any atom is -0.756 e. The summed E-state index contributed by atoms with van der Waals surface area (Å²) in [5.74, 6) is 0. The molecule has 2 saturated heterocycles. The summed E-state index contributed by atoms with van der Waals surface area (Å²) in [6.45, 7) is -1.60. The molecule has 0 saturated carbocycles. The smallest absolute Gasteiger partial charge is 0.330 e. The third-order valence-corrected chi connectivity index (χ3v) is 7.59. The zero-order valence-electron chi connectivity index (χ0n) is 17.8. The summed E-state index contributed by atoms with van der Waals surface area (Å²) in [5.41, 5.74) is -1.76. The number of aliphatic hydroxyl groups is 4. The Balaban J connectivity index is 1.58. The van der Waals surface area contributed by atoms with Gasteiger partial charge in [-0.25, -0.2) is 9.11 Å². The van der Waals surface area contributed by atoms with Crippen LogP contribution in [0.3, 0.4) is 0 Å². The first-order chi connectivity index (χ1) is 16.7. The Bertz CT molecular complexity index is 1140. The fourth-order valence-electron chi connectivity index (χ4n) is 3.30. The van der Waals surface area contributed by atoms with E-state index in [2.05, 4.69) is 18.7 Å². The van der Waals surface area contributed by atoms with Crippen molar-refractivity contribution >= 4 is 22.1 Å². The van der Waals surface area contributed by atoms with Crippen LogP contribution in [0.25, 0.3) is 0 Å². The minimum atomic E-state index is -5.81. The maximum absolute atomic E-state index is 12.0. The molecule has 21 heteroatoms. The zero-order valence-corrected chi connectivity index (χ0v) is 19.6. The van der Waals surface area contributed by atoms with Gasteiger partial charge in [-0.15, -0.1) is 0 Å². The molecular formula is C15H21N3O16P2-2. The number of phosphoric ester groups is 2. The maximum atomic E-state index is 12.0. The number of aromatic nitrogens is 2. The summed E-state index contributed by atoms with van der Waals surface area (Å²) >= 11 is 0. The molecule has 0 aromatic carbocycles. The molecule has 19 nitrogen and oxygen atoms in total. The van der Waals surface area contributed by atoms with E-state index in [0.717, 1.165) is 12.3 Å². The van der Waals surface area contributed by atoms with Crippen LogP contribution in [0.4, 0.5) is 0 Å². The molecule has 0 bridgehead atoms. The van der Waals surface area contributed by atoms with Crippen LogP contribution in [0.1, 0.15) is 6.23 Å². The van der Waals surface area contributed by atoms with Crippen LogP contribution < -0.4 is 26.4 Å². The van der Waals surface area contributed by atoms with E-state index in [4.69, 9.17) is 9.47 Å². The fourth-order valence-corrected chi connectivity index (χ4v) is 5.40. The Hall–Kier alpha value is -1.83. The van der Waals surface area contributed by atoms with E-state index in [0.29, 0.717) is 4.57 Å². The normalized spacial score (nSPS) is 36.1. The Morgan fingerprint density at radius 1 is 1.14 bits per heavy atom. The molecule has 1 amide bonds. The van der Waals surface area contributed by atoms with Crippen LogP contribution in [-0.2, 0) is 36.8 Å². The van der Waals surface area contributed by atoms with E-state index < -0.39 is 89.2 Å². The van der Waals surface area contributed by atoms with Crippen molar-refractivity contribution in [1.82, 2.24) is 14.9 Å². The minimum absolute atomic E-state index is 0.197. The monoisotopic (exact) mass is 561 g/mol. The molecule has 2 unspecified atom stereocenters. The van der Waals surface area contributed by atoms with Crippen molar-refractivity contribution in [3.63, 3.8) is 0 Å². The number of aliphatic hydroxyl groups excluding tert-OH is 4. The van der Waals surface area contributed by atoms with Crippen LogP contribution in [0.5, 0.6) is 0 Å².